The van der Waals surface area contributed by atoms with Crippen LogP contribution in [0.3, 0.4) is 0 Å². The predicted octanol–water partition coefficient (Wildman–Crippen LogP) is 0.288. The molecule has 0 bridgehead atoms. The van der Waals surface area contributed by atoms with Crippen LogP contribution in [0.4, 0.5) is 4.79 Å². The first-order valence-electron chi connectivity index (χ1n) is 4.49. The predicted molar refractivity (Wildman–Crippen MR) is 50.9 cm³/mol. The van der Waals surface area contributed by atoms with Crippen molar-refractivity contribution in [3.8, 4) is 0 Å². The highest BCUT2D eigenvalue weighted by Gasteiger charge is 2.31. The lowest BCUT2D eigenvalue weighted by atomic mass is 9.97. The Balaban J connectivity index is 2.17. The summed E-state index contributed by atoms with van der Waals surface area (Å²) >= 11 is 0. The molecule has 1 saturated heterocycles. The maximum absolute atomic E-state index is 11.2. The molecule has 0 aromatic rings. The van der Waals surface area contributed by atoms with E-state index in [1.807, 2.05) is 0 Å². The molecule has 5 heteroatoms. The Morgan fingerprint density at radius 2 is 2.21 bits per heavy atom. The third-order valence-corrected chi connectivity index (χ3v) is 2.11. The van der Waals surface area contributed by atoms with Crippen molar-refractivity contribution in [2.24, 2.45) is 5.92 Å². The topological polar surface area (TPSA) is 69.6 Å². The van der Waals surface area contributed by atoms with Crippen molar-refractivity contribution in [2.75, 3.05) is 19.6 Å². The Labute approximate surface area is 82.4 Å². The standard InChI is InChI=1S/C9H14N2O3/c1-2-3-10-9(14)11-5-7(6-11)4-8(12)13/h2,7H,1,3-6H2,(H,10,14)(H,12,13). The zero-order valence-electron chi connectivity index (χ0n) is 7.90. The lowest BCUT2D eigenvalue weighted by molar-refractivity contribution is -0.139. The van der Waals surface area contributed by atoms with Crippen molar-refractivity contribution < 1.29 is 14.7 Å². The second kappa shape index (κ2) is 4.64. The number of urea groups is 1. The number of hydrogen-bond donors (Lipinski definition) is 2. The maximum atomic E-state index is 11.2. The van der Waals surface area contributed by atoms with Gasteiger partial charge in [0.1, 0.15) is 0 Å². The molecule has 0 aliphatic carbocycles. The van der Waals surface area contributed by atoms with E-state index in [0.29, 0.717) is 19.6 Å². The first-order valence-corrected chi connectivity index (χ1v) is 4.49. The Morgan fingerprint density at radius 3 is 2.71 bits per heavy atom. The van der Waals surface area contributed by atoms with Crippen LogP contribution in [-0.2, 0) is 4.79 Å². The van der Waals surface area contributed by atoms with Crippen LogP contribution >= 0.6 is 0 Å². The fourth-order valence-corrected chi connectivity index (χ4v) is 1.38. The van der Waals surface area contributed by atoms with E-state index >= 15 is 0 Å². The van der Waals surface area contributed by atoms with E-state index < -0.39 is 5.97 Å². The average molecular weight is 198 g/mol. The van der Waals surface area contributed by atoms with Crippen molar-refractivity contribution in [3.63, 3.8) is 0 Å². The highest BCUT2D eigenvalue weighted by Crippen LogP contribution is 2.18. The quantitative estimate of drug-likeness (QED) is 0.638. The highest BCUT2D eigenvalue weighted by atomic mass is 16.4. The number of carboxylic acids is 1. The summed E-state index contributed by atoms with van der Waals surface area (Å²) < 4.78 is 0. The van der Waals surface area contributed by atoms with Crippen LogP contribution in [0.15, 0.2) is 12.7 Å². The number of carbonyl (C=O) groups is 2. The van der Waals surface area contributed by atoms with Gasteiger partial charge < -0.3 is 15.3 Å². The normalized spacial score (nSPS) is 15.9. The lowest BCUT2D eigenvalue weighted by Crippen LogP contribution is -2.54. The minimum absolute atomic E-state index is 0.113. The number of aliphatic carboxylic acids is 1. The number of nitrogens with zero attached hydrogens (tertiary/aromatic N) is 1. The van der Waals surface area contributed by atoms with Gasteiger partial charge in [-0.1, -0.05) is 6.08 Å². The van der Waals surface area contributed by atoms with Gasteiger partial charge in [-0.05, 0) is 0 Å². The van der Waals surface area contributed by atoms with Gasteiger partial charge in [-0.3, -0.25) is 4.79 Å². The SMILES string of the molecule is C=CCNC(=O)N1CC(CC(=O)O)C1. The number of nitrogens with one attached hydrogen (secondary N) is 1. The van der Waals surface area contributed by atoms with Crippen LogP contribution in [-0.4, -0.2) is 41.6 Å². The number of rotatable bonds is 4. The van der Waals surface area contributed by atoms with Crippen LogP contribution in [0.5, 0.6) is 0 Å². The smallest absolute Gasteiger partial charge is 0.317 e. The molecule has 0 atom stereocenters. The van der Waals surface area contributed by atoms with Gasteiger partial charge in [0.2, 0.25) is 0 Å². The van der Waals surface area contributed by atoms with Crippen molar-refractivity contribution in [1.29, 1.82) is 0 Å². The van der Waals surface area contributed by atoms with Gasteiger partial charge in [0.15, 0.2) is 0 Å². The molecule has 0 unspecified atom stereocenters. The van der Waals surface area contributed by atoms with E-state index in [4.69, 9.17) is 5.11 Å². The van der Waals surface area contributed by atoms with Crippen molar-refractivity contribution in [3.05, 3.63) is 12.7 Å². The Kier molecular flexibility index (Phi) is 3.50. The summed E-state index contributed by atoms with van der Waals surface area (Å²) in [5.74, 6) is -0.692. The number of hydrogen-bond acceptors (Lipinski definition) is 2. The molecule has 1 heterocycles. The average Bonchev–Trinajstić information content (AvgIpc) is 2.06. The number of likely N-dealkylation sites (tertiary alicyclic amines) is 1. The van der Waals surface area contributed by atoms with Crippen LogP contribution in [0.1, 0.15) is 6.42 Å². The number of carboxylic acid groups (broad SMARTS) is 1. The molecule has 0 spiro atoms. The minimum atomic E-state index is -0.804. The van der Waals surface area contributed by atoms with Gasteiger partial charge in [-0.25, -0.2) is 4.79 Å². The van der Waals surface area contributed by atoms with Gasteiger partial charge in [-0.15, -0.1) is 6.58 Å². The summed E-state index contributed by atoms with van der Waals surface area (Å²) in [4.78, 5) is 23.1. The first kappa shape index (κ1) is 10.6. The van der Waals surface area contributed by atoms with E-state index in [0.717, 1.165) is 0 Å². The van der Waals surface area contributed by atoms with Crippen LogP contribution in [0.25, 0.3) is 0 Å². The molecule has 1 aliphatic heterocycles. The van der Waals surface area contributed by atoms with E-state index in [-0.39, 0.29) is 18.4 Å². The maximum Gasteiger partial charge on any atom is 0.317 e. The molecule has 1 fully saturated rings. The molecule has 1 rings (SSSR count). The molecule has 78 valence electrons. The molecule has 14 heavy (non-hydrogen) atoms. The summed E-state index contributed by atoms with van der Waals surface area (Å²) in [6, 6.07) is -0.147. The van der Waals surface area contributed by atoms with Gasteiger partial charge in [-0.2, -0.15) is 0 Å². The largest absolute Gasteiger partial charge is 0.481 e. The second-order valence-electron chi connectivity index (χ2n) is 3.34. The molecule has 2 N–H and O–H groups in total. The summed E-state index contributed by atoms with van der Waals surface area (Å²) in [5, 5.41) is 11.1. The third-order valence-electron chi connectivity index (χ3n) is 2.11. The summed E-state index contributed by atoms with van der Waals surface area (Å²) in [6.07, 6.45) is 1.75. The first-order chi connectivity index (χ1) is 6.63. The Bertz CT molecular complexity index is 246. The molecule has 0 saturated carbocycles. The van der Waals surface area contributed by atoms with Gasteiger partial charge >= 0.3 is 12.0 Å². The van der Waals surface area contributed by atoms with Gasteiger partial charge in [0.05, 0.1) is 6.42 Å². The molecule has 0 radical (unpaired) electrons. The van der Waals surface area contributed by atoms with E-state index in [1.54, 1.807) is 11.0 Å². The highest BCUT2D eigenvalue weighted by molar-refractivity contribution is 5.75. The van der Waals surface area contributed by atoms with Gasteiger partial charge in [0, 0.05) is 25.6 Å². The number of amides is 2. The Hall–Kier alpha value is -1.52. The summed E-state index contributed by atoms with van der Waals surface area (Å²) in [5.41, 5.74) is 0. The molecular weight excluding hydrogens is 184 g/mol. The molecule has 0 aromatic carbocycles. The van der Waals surface area contributed by atoms with E-state index in [1.165, 1.54) is 0 Å². The van der Waals surface area contributed by atoms with Crippen molar-refractivity contribution in [2.45, 2.75) is 6.42 Å². The van der Waals surface area contributed by atoms with Gasteiger partial charge in [0.25, 0.3) is 0 Å². The Morgan fingerprint density at radius 1 is 1.57 bits per heavy atom. The zero-order chi connectivity index (χ0) is 10.6. The number of carbonyl (C=O) groups excluding carboxylic acids is 1. The fourth-order valence-electron chi connectivity index (χ4n) is 1.38. The molecule has 2 amide bonds. The van der Waals surface area contributed by atoms with Crippen molar-refractivity contribution >= 4 is 12.0 Å². The summed E-state index contributed by atoms with van der Waals surface area (Å²) in [7, 11) is 0. The summed E-state index contributed by atoms with van der Waals surface area (Å²) in [6.45, 7) is 5.00. The van der Waals surface area contributed by atoms with E-state index in [9.17, 15) is 9.59 Å². The molecule has 0 aromatic heterocycles. The monoisotopic (exact) mass is 198 g/mol. The fraction of sp³-hybridized carbons (Fsp3) is 0.556. The van der Waals surface area contributed by atoms with Crippen LogP contribution in [0, 0.1) is 5.92 Å². The van der Waals surface area contributed by atoms with Crippen LogP contribution < -0.4 is 5.32 Å². The molecular formula is C9H14N2O3. The van der Waals surface area contributed by atoms with Crippen LogP contribution in [0.2, 0.25) is 0 Å². The third kappa shape index (κ3) is 2.76. The lowest BCUT2D eigenvalue weighted by Gasteiger charge is -2.38. The second-order valence-corrected chi connectivity index (χ2v) is 3.34. The molecule has 1 aliphatic rings. The minimum Gasteiger partial charge on any atom is -0.481 e. The van der Waals surface area contributed by atoms with Crippen molar-refractivity contribution in [1.82, 2.24) is 10.2 Å². The molecule has 5 nitrogen and oxygen atoms in total. The van der Waals surface area contributed by atoms with E-state index in [2.05, 4.69) is 11.9 Å². The zero-order valence-corrected chi connectivity index (χ0v) is 7.90.